The molecule has 0 bridgehead atoms. The second-order valence-electron chi connectivity index (χ2n) is 5.61. The SMILES string of the molecule is O=C(/C=C/c1ccc(O)c(Br)c1)c1cccc(N2CCCC2=O)c1. The van der Waals surface area contributed by atoms with Gasteiger partial charge in [0, 0.05) is 24.2 Å². The average molecular weight is 386 g/mol. The summed E-state index contributed by atoms with van der Waals surface area (Å²) in [7, 11) is 0. The Bertz CT molecular complexity index is 829. The van der Waals surface area contributed by atoms with Crippen molar-refractivity contribution in [2.45, 2.75) is 12.8 Å². The van der Waals surface area contributed by atoms with E-state index in [9.17, 15) is 14.7 Å². The van der Waals surface area contributed by atoms with Crippen LogP contribution < -0.4 is 4.90 Å². The second kappa shape index (κ2) is 7.01. The molecule has 24 heavy (non-hydrogen) atoms. The number of allylic oxidation sites excluding steroid dienone is 1. The van der Waals surface area contributed by atoms with Crippen LogP contribution >= 0.6 is 15.9 Å². The zero-order valence-corrected chi connectivity index (χ0v) is 14.5. The largest absolute Gasteiger partial charge is 0.507 e. The molecule has 0 aromatic heterocycles. The summed E-state index contributed by atoms with van der Waals surface area (Å²) in [5.74, 6) is 0.123. The topological polar surface area (TPSA) is 57.6 Å². The fourth-order valence-corrected chi connectivity index (χ4v) is 3.04. The van der Waals surface area contributed by atoms with Gasteiger partial charge in [-0.25, -0.2) is 0 Å². The standard InChI is InChI=1S/C19H16BrNO3/c20-16-11-13(7-9-18(16)23)6-8-17(22)14-3-1-4-15(12-14)21-10-2-5-19(21)24/h1,3-4,6-9,11-12,23H,2,5,10H2/b8-6+. The Balaban J connectivity index is 1.78. The number of amides is 1. The van der Waals surface area contributed by atoms with Crippen LogP contribution in [0.4, 0.5) is 5.69 Å². The number of carbonyl (C=O) groups is 2. The first kappa shape index (κ1) is 16.5. The number of phenols is 1. The Labute approximate surface area is 148 Å². The minimum Gasteiger partial charge on any atom is -0.507 e. The van der Waals surface area contributed by atoms with Crippen molar-refractivity contribution in [2.75, 3.05) is 11.4 Å². The van der Waals surface area contributed by atoms with Gasteiger partial charge in [0.2, 0.25) is 5.91 Å². The van der Waals surface area contributed by atoms with Crippen molar-refractivity contribution < 1.29 is 14.7 Å². The fraction of sp³-hybridized carbons (Fsp3) is 0.158. The summed E-state index contributed by atoms with van der Waals surface area (Å²) in [6, 6.07) is 12.2. The number of anilines is 1. The van der Waals surface area contributed by atoms with Gasteiger partial charge in [-0.05, 0) is 58.3 Å². The third-order valence-electron chi connectivity index (χ3n) is 3.91. The maximum atomic E-state index is 12.4. The highest BCUT2D eigenvalue weighted by Gasteiger charge is 2.22. The van der Waals surface area contributed by atoms with E-state index in [0.717, 1.165) is 17.7 Å². The molecule has 0 saturated carbocycles. The number of phenolic OH excluding ortho intramolecular Hbond substituents is 1. The van der Waals surface area contributed by atoms with Crippen molar-refractivity contribution in [3.8, 4) is 5.75 Å². The van der Waals surface area contributed by atoms with Crippen LogP contribution in [0.3, 0.4) is 0 Å². The summed E-state index contributed by atoms with van der Waals surface area (Å²) >= 11 is 3.24. The Morgan fingerprint density at radius 1 is 1.21 bits per heavy atom. The van der Waals surface area contributed by atoms with Gasteiger partial charge in [-0.3, -0.25) is 9.59 Å². The van der Waals surface area contributed by atoms with Gasteiger partial charge in [-0.2, -0.15) is 0 Å². The third kappa shape index (κ3) is 3.57. The van der Waals surface area contributed by atoms with Crippen LogP contribution in [0.5, 0.6) is 5.75 Å². The van der Waals surface area contributed by atoms with E-state index in [1.165, 1.54) is 6.08 Å². The smallest absolute Gasteiger partial charge is 0.227 e. The van der Waals surface area contributed by atoms with E-state index in [1.807, 2.05) is 6.07 Å². The van der Waals surface area contributed by atoms with Crippen LogP contribution in [0, 0.1) is 0 Å². The van der Waals surface area contributed by atoms with E-state index in [0.29, 0.717) is 23.0 Å². The van der Waals surface area contributed by atoms with E-state index in [1.54, 1.807) is 47.4 Å². The van der Waals surface area contributed by atoms with Crippen LogP contribution in [0.25, 0.3) is 6.08 Å². The summed E-state index contributed by atoms with van der Waals surface area (Å²) in [5, 5.41) is 9.48. The molecule has 3 rings (SSSR count). The average Bonchev–Trinajstić information content (AvgIpc) is 3.02. The molecule has 0 spiro atoms. The Hall–Kier alpha value is -2.40. The Kier molecular flexibility index (Phi) is 4.81. The summed E-state index contributed by atoms with van der Waals surface area (Å²) in [5.41, 5.74) is 2.12. The molecular formula is C19H16BrNO3. The lowest BCUT2D eigenvalue weighted by molar-refractivity contribution is -0.117. The number of carbonyl (C=O) groups excluding carboxylic acids is 2. The van der Waals surface area contributed by atoms with Gasteiger partial charge in [0.05, 0.1) is 4.47 Å². The maximum absolute atomic E-state index is 12.4. The zero-order valence-electron chi connectivity index (χ0n) is 12.9. The summed E-state index contributed by atoms with van der Waals surface area (Å²) in [6.07, 6.45) is 4.60. The lowest BCUT2D eigenvalue weighted by Gasteiger charge is -2.16. The third-order valence-corrected chi connectivity index (χ3v) is 4.55. The maximum Gasteiger partial charge on any atom is 0.227 e. The number of hydrogen-bond acceptors (Lipinski definition) is 3. The molecule has 1 N–H and O–H groups in total. The van der Waals surface area contributed by atoms with Crippen LogP contribution in [0.2, 0.25) is 0 Å². The molecule has 2 aromatic rings. The van der Waals surface area contributed by atoms with Crippen molar-refractivity contribution in [1.29, 1.82) is 0 Å². The van der Waals surface area contributed by atoms with Gasteiger partial charge in [0.1, 0.15) is 5.75 Å². The molecule has 1 fully saturated rings. The molecule has 122 valence electrons. The number of benzene rings is 2. The molecule has 0 unspecified atom stereocenters. The number of aromatic hydroxyl groups is 1. The molecule has 1 aliphatic heterocycles. The van der Waals surface area contributed by atoms with E-state index >= 15 is 0 Å². The normalized spacial score (nSPS) is 14.5. The molecule has 1 amide bonds. The minimum absolute atomic E-state index is 0.101. The number of halogens is 1. The van der Waals surface area contributed by atoms with Gasteiger partial charge in [0.25, 0.3) is 0 Å². The van der Waals surface area contributed by atoms with Crippen molar-refractivity contribution in [3.05, 3.63) is 64.1 Å². The predicted molar refractivity (Wildman–Crippen MR) is 97.2 cm³/mol. The molecule has 0 radical (unpaired) electrons. The molecule has 1 heterocycles. The predicted octanol–water partition coefficient (Wildman–Crippen LogP) is 4.18. The van der Waals surface area contributed by atoms with E-state index < -0.39 is 0 Å². The molecule has 2 aromatic carbocycles. The molecule has 0 aliphatic carbocycles. The Morgan fingerprint density at radius 2 is 2.04 bits per heavy atom. The molecule has 0 atom stereocenters. The summed E-state index contributed by atoms with van der Waals surface area (Å²) < 4.78 is 0.576. The van der Waals surface area contributed by atoms with Crippen molar-refractivity contribution in [3.63, 3.8) is 0 Å². The molecule has 4 nitrogen and oxygen atoms in total. The van der Waals surface area contributed by atoms with Crippen molar-refractivity contribution >= 4 is 39.4 Å². The molecule has 1 saturated heterocycles. The summed E-state index contributed by atoms with van der Waals surface area (Å²) in [4.78, 5) is 25.9. The van der Waals surface area contributed by atoms with Gasteiger partial charge in [-0.1, -0.05) is 24.3 Å². The monoisotopic (exact) mass is 385 g/mol. The highest BCUT2D eigenvalue weighted by molar-refractivity contribution is 9.10. The minimum atomic E-state index is -0.132. The van der Waals surface area contributed by atoms with Crippen molar-refractivity contribution in [1.82, 2.24) is 0 Å². The van der Waals surface area contributed by atoms with Gasteiger partial charge < -0.3 is 10.0 Å². The van der Waals surface area contributed by atoms with Crippen LogP contribution in [0.1, 0.15) is 28.8 Å². The quantitative estimate of drug-likeness (QED) is 0.634. The number of rotatable bonds is 4. The van der Waals surface area contributed by atoms with E-state index in [4.69, 9.17) is 0 Å². The Morgan fingerprint density at radius 3 is 2.75 bits per heavy atom. The van der Waals surface area contributed by atoms with Crippen LogP contribution in [-0.4, -0.2) is 23.3 Å². The van der Waals surface area contributed by atoms with Gasteiger partial charge >= 0.3 is 0 Å². The van der Waals surface area contributed by atoms with Crippen LogP contribution in [-0.2, 0) is 4.79 Å². The van der Waals surface area contributed by atoms with Gasteiger partial charge in [0.15, 0.2) is 5.78 Å². The zero-order chi connectivity index (χ0) is 17.1. The number of nitrogens with zero attached hydrogens (tertiary/aromatic N) is 1. The highest BCUT2D eigenvalue weighted by atomic mass is 79.9. The molecule has 5 heteroatoms. The van der Waals surface area contributed by atoms with Gasteiger partial charge in [-0.15, -0.1) is 0 Å². The molecule has 1 aliphatic rings. The van der Waals surface area contributed by atoms with E-state index in [2.05, 4.69) is 15.9 Å². The second-order valence-corrected chi connectivity index (χ2v) is 6.46. The number of hydrogen-bond donors (Lipinski definition) is 1. The lowest BCUT2D eigenvalue weighted by Crippen LogP contribution is -2.23. The first-order valence-electron chi connectivity index (χ1n) is 7.66. The molecular weight excluding hydrogens is 370 g/mol. The van der Waals surface area contributed by atoms with Crippen LogP contribution in [0.15, 0.2) is 53.0 Å². The first-order valence-corrected chi connectivity index (χ1v) is 8.45. The lowest BCUT2D eigenvalue weighted by atomic mass is 10.1. The highest BCUT2D eigenvalue weighted by Crippen LogP contribution is 2.25. The summed E-state index contributed by atoms with van der Waals surface area (Å²) in [6.45, 7) is 0.702. The van der Waals surface area contributed by atoms with Crippen molar-refractivity contribution in [2.24, 2.45) is 0 Å². The fourth-order valence-electron chi connectivity index (χ4n) is 2.64. The first-order chi connectivity index (χ1) is 11.5. The number of ketones is 1. The van der Waals surface area contributed by atoms with E-state index in [-0.39, 0.29) is 17.4 Å².